The number of rotatable bonds is 8. The van der Waals surface area contributed by atoms with E-state index in [0.717, 1.165) is 28.9 Å². The van der Waals surface area contributed by atoms with Crippen LogP contribution >= 0.6 is 0 Å². The number of benzene rings is 1. The fourth-order valence-electron chi connectivity index (χ4n) is 4.30. The molecule has 8 nitrogen and oxygen atoms in total. The van der Waals surface area contributed by atoms with Gasteiger partial charge in [-0.15, -0.1) is 0 Å². The smallest absolute Gasteiger partial charge is 0.272 e. The Morgan fingerprint density at radius 2 is 1.94 bits per heavy atom. The number of nitrogens with zero attached hydrogens (tertiary/aromatic N) is 4. The Morgan fingerprint density at radius 1 is 1.15 bits per heavy atom. The van der Waals surface area contributed by atoms with Crippen LogP contribution in [0.4, 0.5) is 0 Å². The first kappa shape index (κ1) is 23.6. The molecule has 3 heterocycles. The normalized spacial score (nSPS) is 14.1. The van der Waals surface area contributed by atoms with Gasteiger partial charge in [-0.25, -0.2) is 0 Å². The van der Waals surface area contributed by atoms with Crippen molar-refractivity contribution >= 4 is 11.8 Å². The molecule has 1 aromatic carbocycles. The van der Waals surface area contributed by atoms with E-state index >= 15 is 0 Å². The monoisotopic (exact) mass is 461 g/mol. The number of methoxy groups -OCH3 is 1. The fraction of sp³-hybridized carbons (Fsp3) is 0.385. The highest BCUT2D eigenvalue weighted by molar-refractivity contribution is 5.94. The van der Waals surface area contributed by atoms with Crippen molar-refractivity contribution in [2.75, 3.05) is 13.7 Å². The Morgan fingerprint density at radius 3 is 2.62 bits per heavy atom. The van der Waals surface area contributed by atoms with E-state index in [4.69, 9.17) is 4.74 Å². The summed E-state index contributed by atoms with van der Waals surface area (Å²) in [6, 6.07) is 13.2. The highest BCUT2D eigenvalue weighted by atomic mass is 16.5. The van der Waals surface area contributed by atoms with Gasteiger partial charge in [-0.2, -0.15) is 5.10 Å². The molecule has 4 rings (SSSR count). The van der Waals surface area contributed by atoms with Gasteiger partial charge in [-0.1, -0.05) is 50.2 Å². The van der Waals surface area contributed by atoms with Crippen molar-refractivity contribution in [1.82, 2.24) is 25.0 Å². The lowest BCUT2D eigenvalue weighted by Crippen LogP contribution is -2.40. The summed E-state index contributed by atoms with van der Waals surface area (Å²) < 4.78 is 7.50. The number of hydrogen-bond donors (Lipinski definition) is 1. The van der Waals surface area contributed by atoms with Gasteiger partial charge in [0, 0.05) is 63.4 Å². The first-order chi connectivity index (χ1) is 16.5. The largest absolute Gasteiger partial charge is 0.367 e. The van der Waals surface area contributed by atoms with E-state index in [1.54, 1.807) is 24.4 Å². The Kier molecular flexibility index (Phi) is 7.37. The van der Waals surface area contributed by atoms with E-state index in [-0.39, 0.29) is 11.8 Å². The molecule has 8 heteroatoms. The molecule has 0 radical (unpaired) electrons. The van der Waals surface area contributed by atoms with Crippen LogP contribution in [0.15, 0.2) is 54.9 Å². The zero-order valence-electron chi connectivity index (χ0n) is 19.9. The molecule has 1 aliphatic heterocycles. The SMILES string of the molecule is COC(C(=O)N1CCc2c(c(C(=O)NCc3cccnc3)nn2CC(C)C)C1)c1ccccc1. The standard InChI is InChI=1S/C26H31N5O3/c1-18(2)16-31-22-11-13-30(26(33)24(34-3)20-9-5-4-6-10-20)17-21(22)23(29-31)25(32)28-15-19-8-7-12-27-14-19/h4-10,12,14,18,24H,11,13,15-17H2,1-3H3,(H,28,32). The molecule has 1 unspecified atom stereocenters. The van der Waals surface area contributed by atoms with Gasteiger partial charge in [0.15, 0.2) is 11.8 Å². The molecule has 0 aliphatic carbocycles. The van der Waals surface area contributed by atoms with Crippen LogP contribution < -0.4 is 5.32 Å². The number of carbonyl (C=O) groups excluding carboxylic acids is 2. The third kappa shape index (κ3) is 5.17. The number of aromatic nitrogens is 3. The number of ether oxygens (including phenoxy) is 1. The van der Waals surface area contributed by atoms with Crippen LogP contribution in [0.3, 0.4) is 0 Å². The number of hydrogen-bond acceptors (Lipinski definition) is 5. The number of nitrogens with one attached hydrogen (secondary N) is 1. The van der Waals surface area contributed by atoms with Crippen LogP contribution in [0.2, 0.25) is 0 Å². The summed E-state index contributed by atoms with van der Waals surface area (Å²) >= 11 is 0. The number of fused-ring (bicyclic) bond motifs is 1. The average molecular weight is 462 g/mol. The number of pyridine rings is 1. The van der Waals surface area contributed by atoms with Gasteiger partial charge in [0.2, 0.25) is 0 Å². The van der Waals surface area contributed by atoms with Crippen LogP contribution in [-0.4, -0.2) is 45.1 Å². The van der Waals surface area contributed by atoms with Crippen molar-refractivity contribution in [2.24, 2.45) is 5.92 Å². The predicted molar refractivity (Wildman–Crippen MR) is 128 cm³/mol. The highest BCUT2D eigenvalue weighted by Gasteiger charge is 2.33. The van der Waals surface area contributed by atoms with E-state index in [1.165, 1.54) is 0 Å². The van der Waals surface area contributed by atoms with Gasteiger partial charge < -0.3 is 15.0 Å². The number of carbonyl (C=O) groups is 2. The lowest BCUT2D eigenvalue weighted by Gasteiger charge is -2.31. The minimum Gasteiger partial charge on any atom is -0.367 e. The molecule has 1 atom stereocenters. The number of amides is 2. The summed E-state index contributed by atoms with van der Waals surface area (Å²) in [5.74, 6) is 0.0202. The molecule has 3 aromatic rings. The van der Waals surface area contributed by atoms with Gasteiger partial charge in [0.25, 0.3) is 11.8 Å². The highest BCUT2D eigenvalue weighted by Crippen LogP contribution is 2.27. The molecule has 0 saturated carbocycles. The van der Waals surface area contributed by atoms with Crippen LogP contribution in [0.5, 0.6) is 0 Å². The first-order valence-corrected chi connectivity index (χ1v) is 11.6. The summed E-state index contributed by atoms with van der Waals surface area (Å²) in [4.78, 5) is 32.4. The van der Waals surface area contributed by atoms with Crippen LogP contribution in [-0.2, 0) is 35.6 Å². The quantitative estimate of drug-likeness (QED) is 0.557. The molecule has 1 N–H and O–H groups in total. The zero-order valence-corrected chi connectivity index (χ0v) is 19.9. The maximum absolute atomic E-state index is 13.4. The minimum atomic E-state index is -0.684. The van der Waals surface area contributed by atoms with Crippen molar-refractivity contribution < 1.29 is 14.3 Å². The molecule has 2 amide bonds. The first-order valence-electron chi connectivity index (χ1n) is 11.6. The second-order valence-corrected chi connectivity index (χ2v) is 8.93. The minimum absolute atomic E-state index is 0.113. The Bertz CT molecular complexity index is 1130. The van der Waals surface area contributed by atoms with E-state index in [1.807, 2.05) is 47.1 Å². The van der Waals surface area contributed by atoms with Crippen molar-refractivity contribution in [3.05, 3.63) is 82.9 Å². The maximum atomic E-state index is 13.4. The van der Waals surface area contributed by atoms with Gasteiger partial charge in [-0.05, 0) is 23.1 Å². The van der Waals surface area contributed by atoms with E-state index < -0.39 is 6.10 Å². The molecular weight excluding hydrogens is 430 g/mol. The van der Waals surface area contributed by atoms with Crippen LogP contribution in [0.1, 0.15) is 52.8 Å². The van der Waals surface area contributed by atoms with Gasteiger partial charge in [0.05, 0.1) is 0 Å². The Balaban J connectivity index is 1.58. The second-order valence-electron chi connectivity index (χ2n) is 8.93. The lowest BCUT2D eigenvalue weighted by atomic mass is 10.0. The topological polar surface area (TPSA) is 89.3 Å². The predicted octanol–water partition coefficient (Wildman–Crippen LogP) is 3.14. The van der Waals surface area contributed by atoms with Crippen molar-refractivity contribution in [3.8, 4) is 0 Å². The zero-order chi connectivity index (χ0) is 24.1. The molecule has 0 saturated heterocycles. The fourth-order valence-corrected chi connectivity index (χ4v) is 4.30. The van der Waals surface area contributed by atoms with Crippen LogP contribution in [0, 0.1) is 5.92 Å². The summed E-state index contributed by atoms with van der Waals surface area (Å²) in [6.45, 7) is 6.21. The Hall–Kier alpha value is -3.52. The molecule has 0 spiro atoms. The maximum Gasteiger partial charge on any atom is 0.272 e. The average Bonchev–Trinajstić information content (AvgIpc) is 3.21. The molecule has 0 fully saturated rings. The molecule has 178 valence electrons. The van der Waals surface area contributed by atoms with Gasteiger partial charge >= 0.3 is 0 Å². The van der Waals surface area contributed by atoms with E-state index in [0.29, 0.717) is 37.7 Å². The second kappa shape index (κ2) is 10.6. The van der Waals surface area contributed by atoms with Crippen molar-refractivity contribution in [3.63, 3.8) is 0 Å². The van der Waals surface area contributed by atoms with Gasteiger partial charge in [0.1, 0.15) is 0 Å². The van der Waals surface area contributed by atoms with Crippen molar-refractivity contribution in [2.45, 2.75) is 46.0 Å². The van der Waals surface area contributed by atoms with Crippen molar-refractivity contribution in [1.29, 1.82) is 0 Å². The van der Waals surface area contributed by atoms with Gasteiger partial charge in [-0.3, -0.25) is 19.3 Å². The lowest BCUT2D eigenvalue weighted by molar-refractivity contribution is -0.143. The van der Waals surface area contributed by atoms with E-state index in [2.05, 4.69) is 29.2 Å². The Labute approximate surface area is 199 Å². The molecule has 2 aromatic heterocycles. The molecule has 0 bridgehead atoms. The third-order valence-corrected chi connectivity index (χ3v) is 5.94. The van der Waals surface area contributed by atoms with Crippen LogP contribution in [0.25, 0.3) is 0 Å². The molecular formula is C26H31N5O3. The molecule has 34 heavy (non-hydrogen) atoms. The third-order valence-electron chi connectivity index (χ3n) is 5.94. The summed E-state index contributed by atoms with van der Waals surface area (Å²) in [5.41, 5.74) is 3.94. The molecule has 1 aliphatic rings. The summed E-state index contributed by atoms with van der Waals surface area (Å²) in [7, 11) is 1.54. The summed E-state index contributed by atoms with van der Waals surface area (Å²) in [5, 5.41) is 7.63. The van der Waals surface area contributed by atoms with E-state index in [9.17, 15) is 9.59 Å². The summed E-state index contributed by atoms with van der Waals surface area (Å²) in [6.07, 6.45) is 3.38.